The monoisotopic (exact) mass is 353 g/mol. The number of hydrogen-bond acceptors (Lipinski definition) is 5. The molecule has 3 atom stereocenters. The molecule has 1 saturated carbocycles. The second-order valence-electron chi connectivity index (χ2n) is 6.86. The third kappa shape index (κ3) is 3.93. The van der Waals surface area contributed by atoms with Gasteiger partial charge in [0.15, 0.2) is 6.10 Å². The van der Waals surface area contributed by atoms with E-state index < -0.39 is 36.1 Å². The molecule has 1 saturated heterocycles. The van der Waals surface area contributed by atoms with E-state index in [2.05, 4.69) is 10.6 Å². The van der Waals surface area contributed by atoms with Gasteiger partial charge in [-0.05, 0) is 32.1 Å². The molecule has 2 aliphatic rings. The summed E-state index contributed by atoms with van der Waals surface area (Å²) >= 11 is 0. The van der Waals surface area contributed by atoms with Gasteiger partial charge in [0, 0.05) is 6.54 Å². The Kier molecular flexibility index (Phi) is 6.02. The van der Waals surface area contributed by atoms with Gasteiger partial charge in [0.1, 0.15) is 12.1 Å². The van der Waals surface area contributed by atoms with Crippen LogP contribution in [0.15, 0.2) is 0 Å². The first kappa shape index (κ1) is 19.2. The molecule has 0 aromatic carbocycles. The predicted octanol–water partition coefficient (Wildman–Crippen LogP) is 0.945. The molecular formula is C17H27N3O5. The second-order valence-corrected chi connectivity index (χ2v) is 6.86. The van der Waals surface area contributed by atoms with Gasteiger partial charge in [0.05, 0.1) is 0 Å². The molecule has 2 fully saturated rings. The largest absolute Gasteiger partial charge is 0.451 e. The van der Waals surface area contributed by atoms with E-state index in [0.29, 0.717) is 13.0 Å². The van der Waals surface area contributed by atoms with E-state index in [1.807, 2.05) is 13.8 Å². The highest BCUT2D eigenvalue weighted by atomic mass is 16.5. The molecule has 2 N–H and O–H groups in total. The Hall–Kier alpha value is -2.12. The minimum absolute atomic E-state index is 0.0254. The highest BCUT2D eigenvalue weighted by Gasteiger charge is 2.55. The van der Waals surface area contributed by atoms with Crippen LogP contribution in [0.5, 0.6) is 0 Å². The molecule has 1 spiro atoms. The van der Waals surface area contributed by atoms with Crippen molar-refractivity contribution in [1.29, 1.82) is 0 Å². The summed E-state index contributed by atoms with van der Waals surface area (Å²) in [7, 11) is 0. The van der Waals surface area contributed by atoms with Crippen molar-refractivity contribution in [1.82, 2.24) is 15.5 Å². The van der Waals surface area contributed by atoms with Crippen molar-refractivity contribution in [2.75, 3.05) is 13.1 Å². The van der Waals surface area contributed by atoms with Crippen molar-refractivity contribution in [3.63, 3.8) is 0 Å². The molecule has 0 radical (unpaired) electrons. The summed E-state index contributed by atoms with van der Waals surface area (Å²) in [4.78, 5) is 49.7. The number of nitrogens with zero attached hydrogens (tertiary/aromatic N) is 1. The molecule has 4 amide bonds. The van der Waals surface area contributed by atoms with Gasteiger partial charge in [-0.3, -0.25) is 19.3 Å². The van der Waals surface area contributed by atoms with E-state index in [4.69, 9.17) is 4.74 Å². The fourth-order valence-electron chi connectivity index (χ4n) is 3.45. The molecule has 8 heteroatoms. The lowest BCUT2D eigenvalue weighted by Crippen LogP contribution is -2.54. The summed E-state index contributed by atoms with van der Waals surface area (Å²) in [5.41, 5.74) is -0.903. The van der Waals surface area contributed by atoms with E-state index in [-0.39, 0.29) is 11.8 Å². The van der Waals surface area contributed by atoms with Crippen LogP contribution in [0.1, 0.15) is 52.9 Å². The third-order valence-electron chi connectivity index (χ3n) is 5.02. The lowest BCUT2D eigenvalue weighted by atomic mass is 9.73. The Labute approximate surface area is 147 Å². The van der Waals surface area contributed by atoms with Crippen molar-refractivity contribution in [2.24, 2.45) is 5.92 Å². The van der Waals surface area contributed by atoms with Gasteiger partial charge in [0.2, 0.25) is 0 Å². The molecule has 0 aromatic heterocycles. The molecule has 0 bridgehead atoms. The van der Waals surface area contributed by atoms with Gasteiger partial charge in [-0.1, -0.05) is 26.7 Å². The van der Waals surface area contributed by atoms with E-state index in [0.717, 1.165) is 30.6 Å². The predicted molar refractivity (Wildman–Crippen MR) is 89.5 cm³/mol. The van der Waals surface area contributed by atoms with Crippen LogP contribution >= 0.6 is 0 Å². The normalized spacial score (nSPS) is 27.2. The summed E-state index contributed by atoms with van der Waals surface area (Å²) in [6.45, 7) is 5.33. The number of hydrogen-bond donors (Lipinski definition) is 2. The quantitative estimate of drug-likeness (QED) is 0.546. The smallest absolute Gasteiger partial charge is 0.327 e. The van der Waals surface area contributed by atoms with E-state index in [1.54, 1.807) is 0 Å². The standard InChI is InChI=1S/C17H27N3O5/c1-4-9-18-14(22)12(3)25-13(21)10-20-15(23)17(19-16(20)24)8-6-5-7-11(17)2/h11-12H,4-10H2,1-3H3,(H,18,22)(H,19,24)/t11-,12+,17+/m0/s1. The number of ether oxygens (including phenoxy) is 1. The van der Waals surface area contributed by atoms with Crippen LogP contribution in [0.4, 0.5) is 4.79 Å². The van der Waals surface area contributed by atoms with Crippen LogP contribution in [0.2, 0.25) is 0 Å². The Bertz CT molecular complexity index is 564. The number of nitrogens with one attached hydrogen (secondary N) is 2. The minimum atomic E-state index is -0.970. The molecule has 140 valence electrons. The summed E-state index contributed by atoms with van der Waals surface area (Å²) < 4.78 is 5.05. The van der Waals surface area contributed by atoms with Gasteiger partial charge >= 0.3 is 12.0 Å². The number of urea groups is 1. The van der Waals surface area contributed by atoms with E-state index >= 15 is 0 Å². The van der Waals surface area contributed by atoms with Crippen LogP contribution in [-0.4, -0.2) is 53.4 Å². The van der Waals surface area contributed by atoms with E-state index in [1.165, 1.54) is 6.92 Å². The molecule has 1 aliphatic carbocycles. The zero-order valence-corrected chi connectivity index (χ0v) is 15.1. The number of amides is 4. The van der Waals surface area contributed by atoms with Crippen molar-refractivity contribution in [2.45, 2.75) is 64.5 Å². The number of esters is 1. The Morgan fingerprint density at radius 2 is 2.12 bits per heavy atom. The van der Waals surface area contributed by atoms with Gasteiger partial charge in [-0.25, -0.2) is 4.79 Å². The lowest BCUT2D eigenvalue weighted by Gasteiger charge is -2.36. The average Bonchev–Trinajstić information content (AvgIpc) is 2.80. The van der Waals surface area contributed by atoms with Gasteiger partial charge < -0.3 is 15.4 Å². The fourth-order valence-corrected chi connectivity index (χ4v) is 3.45. The first-order valence-electron chi connectivity index (χ1n) is 8.93. The van der Waals surface area contributed by atoms with Gasteiger partial charge in [-0.15, -0.1) is 0 Å². The summed E-state index contributed by atoms with van der Waals surface area (Å²) in [6.07, 6.45) is 3.14. The molecule has 8 nitrogen and oxygen atoms in total. The Morgan fingerprint density at radius 1 is 1.40 bits per heavy atom. The van der Waals surface area contributed by atoms with Crippen molar-refractivity contribution in [3.8, 4) is 0 Å². The fraction of sp³-hybridized carbons (Fsp3) is 0.765. The Morgan fingerprint density at radius 3 is 2.76 bits per heavy atom. The SMILES string of the molecule is CCCNC(=O)[C@@H](C)OC(=O)CN1C(=O)N[C@@]2(CCCC[C@@H]2C)C1=O. The van der Waals surface area contributed by atoms with Crippen molar-refractivity contribution >= 4 is 23.8 Å². The molecule has 1 heterocycles. The maximum absolute atomic E-state index is 12.8. The van der Waals surface area contributed by atoms with Crippen LogP contribution in [0, 0.1) is 5.92 Å². The number of imide groups is 1. The van der Waals surface area contributed by atoms with Crippen LogP contribution in [0.25, 0.3) is 0 Å². The summed E-state index contributed by atoms with van der Waals surface area (Å²) in [5, 5.41) is 5.40. The molecule has 2 rings (SSSR count). The summed E-state index contributed by atoms with van der Waals surface area (Å²) in [6, 6.07) is -0.571. The zero-order chi connectivity index (χ0) is 18.6. The van der Waals surface area contributed by atoms with Gasteiger partial charge in [0.25, 0.3) is 11.8 Å². The van der Waals surface area contributed by atoms with Crippen LogP contribution in [-0.2, 0) is 19.1 Å². The maximum Gasteiger partial charge on any atom is 0.327 e. The third-order valence-corrected chi connectivity index (χ3v) is 5.02. The Balaban J connectivity index is 1.95. The van der Waals surface area contributed by atoms with Crippen LogP contribution in [0.3, 0.4) is 0 Å². The highest BCUT2D eigenvalue weighted by Crippen LogP contribution is 2.38. The number of carbonyl (C=O) groups is 4. The molecule has 1 aliphatic heterocycles. The highest BCUT2D eigenvalue weighted by molar-refractivity contribution is 6.09. The molecular weight excluding hydrogens is 326 g/mol. The minimum Gasteiger partial charge on any atom is -0.451 e. The molecule has 25 heavy (non-hydrogen) atoms. The molecule has 0 aromatic rings. The van der Waals surface area contributed by atoms with E-state index in [9.17, 15) is 19.2 Å². The maximum atomic E-state index is 12.8. The van der Waals surface area contributed by atoms with Gasteiger partial charge in [-0.2, -0.15) is 0 Å². The lowest BCUT2D eigenvalue weighted by molar-refractivity contribution is -0.157. The van der Waals surface area contributed by atoms with Crippen molar-refractivity contribution < 1.29 is 23.9 Å². The first-order chi connectivity index (χ1) is 11.8. The zero-order valence-electron chi connectivity index (χ0n) is 15.1. The van der Waals surface area contributed by atoms with Crippen molar-refractivity contribution in [3.05, 3.63) is 0 Å². The first-order valence-corrected chi connectivity index (χ1v) is 8.93. The van der Waals surface area contributed by atoms with Crippen LogP contribution < -0.4 is 10.6 Å². The topological polar surface area (TPSA) is 105 Å². The number of carbonyl (C=O) groups excluding carboxylic acids is 4. The molecule has 0 unspecified atom stereocenters. The summed E-state index contributed by atoms with van der Waals surface area (Å²) in [5.74, 6) is -1.52. The number of rotatable bonds is 6. The average molecular weight is 353 g/mol. The second kappa shape index (κ2) is 7.84.